The largest absolute Gasteiger partial charge is 0.495 e. The molecule has 1 saturated heterocycles. The van der Waals surface area contributed by atoms with E-state index in [1.165, 1.54) is 23.5 Å². The molecular formula is C20H20ClN3O3S2. The summed E-state index contributed by atoms with van der Waals surface area (Å²) in [5.74, 6) is 0.722. The molecule has 9 heteroatoms. The normalized spacial score (nSPS) is 16.1. The zero-order chi connectivity index (χ0) is 20.4. The van der Waals surface area contributed by atoms with Crippen molar-refractivity contribution in [3.8, 4) is 17.0 Å². The van der Waals surface area contributed by atoms with Gasteiger partial charge in [-0.1, -0.05) is 11.6 Å². The highest BCUT2D eigenvalue weighted by Crippen LogP contribution is 2.35. The molecule has 0 bridgehead atoms. The molecule has 1 aliphatic rings. The minimum absolute atomic E-state index is 0.191. The maximum Gasteiger partial charge on any atom is 0.243 e. The monoisotopic (exact) mass is 449 g/mol. The van der Waals surface area contributed by atoms with Gasteiger partial charge >= 0.3 is 0 Å². The molecule has 4 rings (SSSR count). The number of sulfonamides is 1. The summed E-state index contributed by atoms with van der Waals surface area (Å²) in [6.45, 7) is 0.918. The highest BCUT2D eigenvalue weighted by Gasteiger charge is 2.31. The summed E-state index contributed by atoms with van der Waals surface area (Å²) in [7, 11) is -2.08. The maximum absolute atomic E-state index is 13.0. The van der Waals surface area contributed by atoms with Crippen LogP contribution in [0, 0.1) is 0 Å². The summed E-state index contributed by atoms with van der Waals surface area (Å²) in [5, 5.41) is 3.39. The molecule has 3 heterocycles. The van der Waals surface area contributed by atoms with Gasteiger partial charge in [0.25, 0.3) is 0 Å². The Hall–Kier alpha value is -2.00. The van der Waals surface area contributed by atoms with Crippen LogP contribution < -0.4 is 4.74 Å². The van der Waals surface area contributed by atoms with Gasteiger partial charge in [0.1, 0.15) is 5.75 Å². The maximum atomic E-state index is 13.0. The molecule has 1 aromatic carbocycles. The number of halogens is 1. The first-order chi connectivity index (χ1) is 14.0. The van der Waals surface area contributed by atoms with Gasteiger partial charge in [-0.15, -0.1) is 11.3 Å². The van der Waals surface area contributed by atoms with Crippen molar-refractivity contribution in [3.63, 3.8) is 0 Å². The Balaban J connectivity index is 1.45. The predicted molar refractivity (Wildman–Crippen MR) is 114 cm³/mol. The Morgan fingerprint density at radius 1 is 1.17 bits per heavy atom. The number of methoxy groups -OCH3 is 1. The summed E-state index contributed by atoms with van der Waals surface area (Å²) in [6, 6.07) is 8.44. The van der Waals surface area contributed by atoms with E-state index in [1.54, 1.807) is 29.8 Å². The van der Waals surface area contributed by atoms with E-state index in [9.17, 15) is 8.42 Å². The molecule has 152 valence electrons. The lowest BCUT2D eigenvalue weighted by Gasteiger charge is -2.30. The van der Waals surface area contributed by atoms with Gasteiger partial charge in [-0.25, -0.2) is 13.4 Å². The minimum Gasteiger partial charge on any atom is -0.495 e. The third kappa shape index (κ3) is 4.16. The van der Waals surface area contributed by atoms with E-state index in [1.807, 2.05) is 17.5 Å². The second kappa shape index (κ2) is 8.39. The molecule has 0 atom stereocenters. The van der Waals surface area contributed by atoms with Crippen molar-refractivity contribution in [3.05, 3.63) is 58.1 Å². The highest BCUT2D eigenvalue weighted by atomic mass is 35.5. The number of piperidine rings is 1. The van der Waals surface area contributed by atoms with Gasteiger partial charge in [0.05, 0.1) is 27.7 Å². The number of nitrogens with zero attached hydrogens (tertiary/aromatic N) is 3. The molecule has 6 nitrogen and oxygen atoms in total. The lowest BCUT2D eigenvalue weighted by atomic mass is 9.99. The third-order valence-electron chi connectivity index (χ3n) is 5.06. The van der Waals surface area contributed by atoms with Gasteiger partial charge in [-0.3, -0.25) is 4.98 Å². The first-order valence-corrected chi connectivity index (χ1v) is 11.9. The van der Waals surface area contributed by atoms with Crippen LogP contribution in [0.5, 0.6) is 5.75 Å². The average molecular weight is 450 g/mol. The van der Waals surface area contributed by atoms with E-state index < -0.39 is 10.0 Å². The van der Waals surface area contributed by atoms with Crippen LogP contribution in [0.4, 0.5) is 0 Å². The lowest BCUT2D eigenvalue weighted by molar-refractivity contribution is 0.319. The van der Waals surface area contributed by atoms with Gasteiger partial charge in [0, 0.05) is 42.3 Å². The number of benzene rings is 1. The molecule has 0 N–H and O–H groups in total. The molecule has 0 aliphatic carbocycles. The molecule has 29 heavy (non-hydrogen) atoms. The van der Waals surface area contributed by atoms with Crippen LogP contribution in [-0.2, 0) is 10.0 Å². The lowest BCUT2D eigenvalue weighted by Crippen LogP contribution is -2.37. The zero-order valence-electron chi connectivity index (χ0n) is 15.8. The summed E-state index contributed by atoms with van der Waals surface area (Å²) < 4.78 is 32.6. The number of ether oxygens (including phenoxy) is 1. The van der Waals surface area contributed by atoms with E-state index >= 15 is 0 Å². The number of hydrogen-bond donors (Lipinski definition) is 0. The fraction of sp³-hybridized carbons (Fsp3) is 0.300. The van der Waals surface area contributed by atoms with Crippen LogP contribution in [0.15, 0.2) is 53.0 Å². The SMILES string of the molecule is COc1ccc(S(=O)(=O)N2CCC(c3nc(-c4ccncc4)cs3)CC2)cc1Cl. The zero-order valence-corrected chi connectivity index (χ0v) is 18.2. The smallest absolute Gasteiger partial charge is 0.243 e. The molecule has 0 amide bonds. The van der Waals surface area contributed by atoms with Gasteiger partial charge < -0.3 is 4.74 Å². The van der Waals surface area contributed by atoms with Crippen LogP contribution in [0.3, 0.4) is 0 Å². The Labute approximate surface area is 179 Å². The first-order valence-electron chi connectivity index (χ1n) is 9.18. The summed E-state index contributed by atoms with van der Waals surface area (Å²) in [5.41, 5.74) is 1.98. The van der Waals surface area contributed by atoms with E-state index in [2.05, 4.69) is 4.98 Å². The Bertz CT molecular complexity index is 1100. The molecule has 2 aromatic heterocycles. The third-order valence-corrected chi connectivity index (χ3v) is 8.26. The van der Waals surface area contributed by atoms with Crippen molar-refractivity contribution in [2.24, 2.45) is 0 Å². The summed E-state index contributed by atoms with van der Waals surface area (Å²) in [4.78, 5) is 9.00. The number of hydrogen-bond acceptors (Lipinski definition) is 6. The van der Waals surface area contributed by atoms with E-state index in [0.29, 0.717) is 18.8 Å². The first kappa shape index (κ1) is 20.3. The molecule has 1 fully saturated rings. The Kier molecular flexibility index (Phi) is 5.87. The molecule has 1 aliphatic heterocycles. The number of rotatable bonds is 5. The fourth-order valence-electron chi connectivity index (χ4n) is 3.43. The van der Waals surface area contributed by atoms with E-state index in [4.69, 9.17) is 21.3 Å². The minimum atomic E-state index is -3.58. The Morgan fingerprint density at radius 2 is 1.90 bits per heavy atom. The molecule has 0 saturated carbocycles. The molecular weight excluding hydrogens is 430 g/mol. The fourth-order valence-corrected chi connectivity index (χ4v) is 6.25. The van der Waals surface area contributed by atoms with Gasteiger partial charge in [0.2, 0.25) is 10.0 Å². The average Bonchev–Trinajstić information content (AvgIpc) is 3.25. The van der Waals surface area contributed by atoms with Crippen LogP contribution in [0.2, 0.25) is 5.02 Å². The van der Waals surface area contributed by atoms with E-state index in [-0.39, 0.29) is 15.8 Å². The van der Waals surface area contributed by atoms with Crippen LogP contribution >= 0.6 is 22.9 Å². The highest BCUT2D eigenvalue weighted by molar-refractivity contribution is 7.89. The quantitative estimate of drug-likeness (QED) is 0.576. The number of pyridine rings is 1. The van der Waals surface area contributed by atoms with Crippen molar-refractivity contribution >= 4 is 33.0 Å². The van der Waals surface area contributed by atoms with Gasteiger partial charge in [0.15, 0.2) is 0 Å². The van der Waals surface area contributed by atoms with Crippen molar-refractivity contribution in [2.45, 2.75) is 23.7 Å². The molecule has 0 unspecified atom stereocenters. The molecule has 0 radical (unpaired) electrons. The Morgan fingerprint density at radius 3 is 2.55 bits per heavy atom. The summed E-state index contributed by atoms with van der Waals surface area (Å²) in [6.07, 6.45) is 4.99. The number of aromatic nitrogens is 2. The predicted octanol–water partition coefficient (Wildman–Crippen LogP) is 4.44. The topological polar surface area (TPSA) is 72.4 Å². The van der Waals surface area contributed by atoms with Crippen LogP contribution in [0.25, 0.3) is 11.3 Å². The van der Waals surface area contributed by atoms with Gasteiger partial charge in [-0.05, 0) is 43.2 Å². The van der Waals surface area contributed by atoms with Crippen LogP contribution in [-0.4, -0.2) is 42.9 Å². The van der Waals surface area contributed by atoms with Crippen LogP contribution in [0.1, 0.15) is 23.8 Å². The second-order valence-electron chi connectivity index (χ2n) is 6.78. The summed E-state index contributed by atoms with van der Waals surface area (Å²) >= 11 is 7.74. The molecule has 3 aromatic rings. The number of thiazole rings is 1. The van der Waals surface area contributed by atoms with Crippen molar-refractivity contribution in [1.82, 2.24) is 14.3 Å². The molecule has 0 spiro atoms. The second-order valence-corrected chi connectivity index (χ2v) is 10.0. The standard InChI is InChI=1S/C20H20ClN3O3S2/c1-27-19-3-2-16(12-17(19)21)29(25,26)24-10-6-15(7-11-24)20-23-18(13-28-20)14-4-8-22-9-5-14/h2-5,8-9,12-13,15H,6-7,10-11H2,1H3. The van der Waals surface area contributed by atoms with Crippen molar-refractivity contribution in [2.75, 3.05) is 20.2 Å². The van der Waals surface area contributed by atoms with E-state index in [0.717, 1.165) is 29.1 Å². The van der Waals surface area contributed by atoms with Crippen molar-refractivity contribution < 1.29 is 13.2 Å². The van der Waals surface area contributed by atoms with Crippen molar-refractivity contribution in [1.29, 1.82) is 0 Å². The van der Waals surface area contributed by atoms with Gasteiger partial charge in [-0.2, -0.15) is 4.31 Å².